The molecule has 27 heavy (non-hydrogen) atoms. The molecule has 0 aliphatic carbocycles. The van der Waals surface area contributed by atoms with Gasteiger partial charge in [-0.25, -0.2) is 4.79 Å². The van der Waals surface area contributed by atoms with Crippen LogP contribution in [0.3, 0.4) is 0 Å². The number of benzene rings is 2. The molecule has 0 aromatic heterocycles. The normalized spacial score (nSPS) is 15.1. The molecule has 2 aromatic rings. The van der Waals surface area contributed by atoms with Crippen LogP contribution in [0.4, 0.5) is 0 Å². The molecule has 0 unspecified atom stereocenters. The minimum atomic E-state index is -0.434. The van der Waals surface area contributed by atoms with E-state index < -0.39 is 17.8 Å². The molecule has 2 aromatic carbocycles. The van der Waals surface area contributed by atoms with Gasteiger partial charge in [-0.2, -0.15) is 5.01 Å². The van der Waals surface area contributed by atoms with Crippen molar-refractivity contribution in [1.29, 1.82) is 0 Å². The Labute approximate surface area is 165 Å². The fourth-order valence-electron chi connectivity index (χ4n) is 2.30. The summed E-state index contributed by atoms with van der Waals surface area (Å²) in [5.41, 5.74) is 4.08. The van der Waals surface area contributed by atoms with Crippen LogP contribution in [0.2, 0.25) is 0 Å². The summed E-state index contributed by atoms with van der Waals surface area (Å²) in [7, 11) is 1.31. The van der Waals surface area contributed by atoms with Crippen LogP contribution in [-0.2, 0) is 9.53 Å². The summed E-state index contributed by atoms with van der Waals surface area (Å²) >= 11 is 6.29. The second-order valence-electron chi connectivity index (χ2n) is 5.44. The monoisotopic (exact) mass is 398 g/mol. The number of methoxy groups -OCH3 is 1. The van der Waals surface area contributed by atoms with E-state index in [1.165, 1.54) is 7.11 Å². The van der Waals surface area contributed by atoms with E-state index in [0.717, 1.165) is 22.3 Å². The van der Waals surface area contributed by atoms with Crippen molar-refractivity contribution in [2.24, 2.45) is 0 Å². The van der Waals surface area contributed by atoms with E-state index in [1.807, 2.05) is 0 Å². The Morgan fingerprint density at radius 3 is 2.37 bits per heavy atom. The Bertz CT molecular complexity index is 940. The molecule has 8 heteroatoms. The van der Waals surface area contributed by atoms with Crippen LogP contribution in [0.15, 0.2) is 59.5 Å². The maximum Gasteiger partial charge on any atom is 0.337 e. The first kappa shape index (κ1) is 18.8. The summed E-state index contributed by atoms with van der Waals surface area (Å²) in [5, 5.41) is 1.06. The molecule has 6 nitrogen and oxygen atoms in total. The first-order valence-corrected chi connectivity index (χ1v) is 9.04. The van der Waals surface area contributed by atoms with Gasteiger partial charge in [-0.3, -0.25) is 15.0 Å². The lowest BCUT2D eigenvalue weighted by molar-refractivity contribution is -0.123. The van der Waals surface area contributed by atoms with Crippen molar-refractivity contribution in [3.8, 4) is 0 Å². The summed E-state index contributed by atoms with van der Waals surface area (Å²) in [6.07, 6.45) is 1.65. The highest BCUT2D eigenvalue weighted by molar-refractivity contribution is 8.26. The predicted octanol–water partition coefficient (Wildman–Crippen LogP) is 3.02. The molecule has 0 saturated carbocycles. The summed E-state index contributed by atoms with van der Waals surface area (Å²) in [6, 6.07) is 15.2. The van der Waals surface area contributed by atoms with Crippen molar-refractivity contribution >= 4 is 52.2 Å². The Kier molecular flexibility index (Phi) is 5.68. The molecular weight excluding hydrogens is 384 g/mol. The van der Waals surface area contributed by atoms with Crippen molar-refractivity contribution in [3.05, 3.63) is 76.2 Å². The third-order valence-electron chi connectivity index (χ3n) is 3.67. The Hall–Kier alpha value is -2.97. The molecule has 1 N–H and O–H groups in total. The zero-order valence-corrected chi connectivity index (χ0v) is 15.8. The molecule has 1 fully saturated rings. The van der Waals surface area contributed by atoms with Gasteiger partial charge < -0.3 is 4.74 Å². The van der Waals surface area contributed by atoms with Crippen molar-refractivity contribution < 1.29 is 19.1 Å². The molecule has 0 radical (unpaired) electrons. The zero-order chi connectivity index (χ0) is 19.4. The van der Waals surface area contributed by atoms with E-state index in [1.54, 1.807) is 60.7 Å². The molecule has 0 spiro atoms. The lowest BCUT2D eigenvalue weighted by Gasteiger charge is -2.15. The Balaban J connectivity index is 1.74. The highest BCUT2D eigenvalue weighted by Gasteiger charge is 2.33. The number of thioether (sulfide) groups is 1. The van der Waals surface area contributed by atoms with Crippen LogP contribution in [0, 0.1) is 0 Å². The predicted molar refractivity (Wildman–Crippen MR) is 107 cm³/mol. The minimum absolute atomic E-state index is 0.238. The molecule has 1 heterocycles. The molecule has 2 amide bonds. The number of carbonyl (C=O) groups excluding carboxylic acids is 3. The average molecular weight is 398 g/mol. The van der Waals surface area contributed by atoms with Crippen LogP contribution in [0.1, 0.15) is 26.3 Å². The van der Waals surface area contributed by atoms with Crippen LogP contribution in [0.25, 0.3) is 6.08 Å². The number of hydrazine groups is 1. The summed E-state index contributed by atoms with van der Waals surface area (Å²) < 4.78 is 4.89. The fourth-order valence-corrected chi connectivity index (χ4v) is 3.48. The average Bonchev–Trinajstić information content (AvgIpc) is 2.96. The van der Waals surface area contributed by atoms with E-state index in [4.69, 9.17) is 12.2 Å². The highest BCUT2D eigenvalue weighted by atomic mass is 32.2. The number of nitrogens with one attached hydrogen (secondary N) is 1. The SMILES string of the molecule is COC(=O)c1ccc(/C=C2/SC(=S)N(NC(=O)c3ccccc3)C2=O)cc1. The van der Waals surface area contributed by atoms with E-state index in [-0.39, 0.29) is 4.32 Å². The van der Waals surface area contributed by atoms with Gasteiger partial charge in [0, 0.05) is 5.56 Å². The lowest BCUT2D eigenvalue weighted by atomic mass is 10.1. The molecule has 1 aliphatic rings. The molecular formula is C19H14N2O4S2. The van der Waals surface area contributed by atoms with Gasteiger partial charge in [-0.15, -0.1) is 0 Å². The van der Waals surface area contributed by atoms with Gasteiger partial charge in [-0.05, 0) is 48.1 Å². The van der Waals surface area contributed by atoms with Crippen LogP contribution in [0.5, 0.6) is 0 Å². The Morgan fingerprint density at radius 2 is 1.74 bits per heavy atom. The summed E-state index contributed by atoms with van der Waals surface area (Å²) in [4.78, 5) is 36.7. The maximum absolute atomic E-state index is 12.6. The zero-order valence-electron chi connectivity index (χ0n) is 14.2. The first-order valence-electron chi connectivity index (χ1n) is 7.82. The van der Waals surface area contributed by atoms with Crippen molar-refractivity contribution in [2.75, 3.05) is 7.11 Å². The molecule has 0 bridgehead atoms. The van der Waals surface area contributed by atoms with Crippen molar-refractivity contribution in [3.63, 3.8) is 0 Å². The van der Waals surface area contributed by atoms with Gasteiger partial charge in [0.2, 0.25) is 0 Å². The summed E-state index contributed by atoms with van der Waals surface area (Å²) in [5.74, 6) is -1.27. The van der Waals surface area contributed by atoms with Gasteiger partial charge in [0.05, 0.1) is 17.6 Å². The second kappa shape index (κ2) is 8.15. The van der Waals surface area contributed by atoms with Crippen molar-refractivity contribution in [1.82, 2.24) is 10.4 Å². The number of rotatable bonds is 4. The number of hydrogen-bond acceptors (Lipinski definition) is 6. The van der Waals surface area contributed by atoms with Gasteiger partial charge in [-0.1, -0.05) is 42.1 Å². The number of amides is 2. The first-order chi connectivity index (χ1) is 13.0. The van der Waals surface area contributed by atoms with Crippen molar-refractivity contribution in [2.45, 2.75) is 0 Å². The number of esters is 1. The Morgan fingerprint density at radius 1 is 1.07 bits per heavy atom. The van der Waals surface area contributed by atoms with Gasteiger partial charge >= 0.3 is 5.97 Å². The summed E-state index contributed by atoms with van der Waals surface area (Å²) in [6.45, 7) is 0. The number of nitrogens with zero attached hydrogens (tertiary/aromatic N) is 1. The standard InChI is InChI=1S/C19H14N2O4S2/c1-25-18(24)14-9-7-12(8-10-14)11-15-17(23)21(19(26)27-15)20-16(22)13-5-3-2-4-6-13/h2-11H,1H3,(H,20,22)/b15-11+. The molecule has 0 atom stereocenters. The third kappa shape index (κ3) is 4.24. The molecule has 3 rings (SSSR count). The minimum Gasteiger partial charge on any atom is -0.465 e. The number of thiocarbonyl (C=S) groups is 1. The van der Waals surface area contributed by atoms with Gasteiger partial charge in [0.1, 0.15) is 0 Å². The van der Waals surface area contributed by atoms with E-state index in [2.05, 4.69) is 10.2 Å². The number of carbonyl (C=O) groups is 3. The topological polar surface area (TPSA) is 75.7 Å². The number of hydrogen-bond donors (Lipinski definition) is 1. The smallest absolute Gasteiger partial charge is 0.337 e. The maximum atomic E-state index is 12.6. The van der Waals surface area contributed by atoms with Crippen LogP contribution >= 0.6 is 24.0 Å². The third-order valence-corrected chi connectivity index (χ3v) is 4.97. The van der Waals surface area contributed by atoms with Gasteiger partial charge in [0.25, 0.3) is 11.8 Å². The largest absolute Gasteiger partial charge is 0.465 e. The highest BCUT2D eigenvalue weighted by Crippen LogP contribution is 2.31. The van der Waals surface area contributed by atoms with Gasteiger partial charge in [0.15, 0.2) is 4.32 Å². The van der Waals surface area contributed by atoms with Crippen LogP contribution < -0.4 is 5.43 Å². The van der Waals surface area contributed by atoms with E-state index in [0.29, 0.717) is 16.0 Å². The molecule has 136 valence electrons. The van der Waals surface area contributed by atoms with E-state index >= 15 is 0 Å². The number of ether oxygens (including phenoxy) is 1. The molecule has 1 saturated heterocycles. The van der Waals surface area contributed by atoms with E-state index in [9.17, 15) is 14.4 Å². The van der Waals surface area contributed by atoms with Crippen LogP contribution in [-0.4, -0.2) is 34.2 Å². The second-order valence-corrected chi connectivity index (χ2v) is 7.11. The molecule has 1 aliphatic heterocycles. The quantitative estimate of drug-likeness (QED) is 0.485. The fraction of sp³-hybridized carbons (Fsp3) is 0.0526. The lowest BCUT2D eigenvalue weighted by Crippen LogP contribution is -2.44.